The number of amides is 2. The maximum Gasteiger partial charge on any atom is 0.227 e. The first kappa shape index (κ1) is 22.2. The predicted molar refractivity (Wildman–Crippen MR) is 127 cm³/mol. The van der Waals surface area contributed by atoms with E-state index in [1.807, 2.05) is 36.9 Å². The molecule has 2 aliphatic heterocycles. The zero-order valence-electron chi connectivity index (χ0n) is 19.5. The highest BCUT2D eigenvalue weighted by atomic mass is 16.5. The minimum Gasteiger partial charge on any atom is -0.487 e. The highest BCUT2D eigenvalue weighted by molar-refractivity contribution is 5.97. The molecular formula is C26H33N3O3. The Morgan fingerprint density at radius 3 is 2.44 bits per heavy atom. The molecule has 1 saturated heterocycles. The van der Waals surface area contributed by atoms with Crippen molar-refractivity contribution < 1.29 is 14.3 Å². The topological polar surface area (TPSA) is 53.1 Å². The van der Waals surface area contributed by atoms with Crippen LogP contribution >= 0.6 is 0 Å². The maximum absolute atomic E-state index is 13.0. The predicted octanol–water partition coefficient (Wildman–Crippen LogP) is 3.93. The van der Waals surface area contributed by atoms with Crippen molar-refractivity contribution in [3.8, 4) is 5.75 Å². The lowest BCUT2D eigenvalue weighted by Crippen LogP contribution is -2.54. The number of hydrogen-bond donors (Lipinski definition) is 0. The van der Waals surface area contributed by atoms with Gasteiger partial charge in [-0.25, -0.2) is 0 Å². The SMILES string of the molecule is Cc1cccc(N2CCN(C(=O)CCC(=O)N3C[C@H](C)Oc4ccc(C)cc43)C[C@H]2C)c1. The number of benzene rings is 2. The van der Waals surface area contributed by atoms with Crippen LogP contribution in [0.4, 0.5) is 11.4 Å². The summed E-state index contributed by atoms with van der Waals surface area (Å²) in [7, 11) is 0. The van der Waals surface area contributed by atoms with E-state index < -0.39 is 0 Å². The Balaban J connectivity index is 1.35. The Morgan fingerprint density at radius 1 is 0.938 bits per heavy atom. The lowest BCUT2D eigenvalue weighted by molar-refractivity contribution is -0.133. The molecule has 0 saturated carbocycles. The molecule has 0 radical (unpaired) electrons. The average Bonchev–Trinajstić information content (AvgIpc) is 2.76. The number of hydrogen-bond acceptors (Lipinski definition) is 4. The van der Waals surface area contributed by atoms with Gasteiger partial charge in [0, 0.05) is 44.2 Å². The van der Waals surface area contributed by atoms with Crippen molar-refractivity contribution >= 4 is 23.2 Å². The van der Waals surface area contributed by atoms with Gasteiger partial charge in [-0.1, -0.05) is 18.2 Å². The summed E-state index contributed by atoms with van der Waals surface area (Å²) >= 11 is 0. The van der Waals surface area contributed by atoms with Crippen LogP contribution in [-0.2, 0) is 9.59 Å². The summed E-state index contributed by atoms with van der Waals surface area (Å²) in [6.07, 6.45) is 0.384. The second-order valence-corrected chi connectivity index (χ2v) is 9.13. The number of fused-ring (bicyclic) bond motifs is 1. The monoisotopic (exact) mass is 435 g/mol. The van der Waals surface area contributed by atoms with Crippen LogP contribution in [0.15, 0.2) is 42.5 Å². The zero-order valence-corrected chi connectivity index (χ0v) is 19.5. The van der Waals surface area contributed by atoms with E-state index in [0.29, 0.717) is 19.6 Å². The van der Waals surface area contributed by atoms with Gasteiger partial charge in [0.25, 0.3) is 0 Å². The number of piperazine rings is 1. The highest BCUT2D eigenvalue weighted by Gasteiger charge is 2.30. The summed E-state index contributed by atoms with van der Waals surface area (Å²) in [5, 5.41) is 0. The fourth-order valence-corrected chi connectivity index (χ4v) is 4.66. The Morgan fingerprint density at radius 2 is 1.69 bits per heavy atom. The van der Waals surface area contributed by atoms with Crippen molar-refractivity contribution in [2.75, 3.05) is 36.0 Å². The Bertz CT molecular complexity index is 1010. The van der Waals surface area contributed by atoms with Crippen LogP contribution < -0.4 is 14.5 Å². The Labute approximate surface area is 190 Å². The van der Waals surface area contributed by atoms with E-state index in [2.05, 4.69) is 43.0 Å². The van der Waals surface area contributed by atoms with Gasteiger partial charge in [0.05, 0.1) is 12.2 Å². The van der Waals surface area contributed by atoms with Crippen molar-refractivity contribution in [2.45, 2.75) is 52.7 Å². The van der Waals surface area contributed by atoms with E-state index in [4.69, 9.17) is 4.74 Å². The van der Waals surface area contributed by atoms with Crippen molar-refractivity contribution in [3.63, 3.8) is 0 Å². The number of aryl methyl sites for hydroxylation is 2. The minimum absolute atomic E-state index is 0.0215. The molecule has 2 heterocycles. The molecule has 170 valence electrons. The molecule has 0 spiro atoms. The quantitative estimate of drug-likeness (QED) is 0.730. The maximum atomic E-state index is 13.0. The number of carbonyl (C=O) groups excluding carboxylic acids is 2. The molecule has 2 aromatic rings. The summed E-state index contributed by atoms with van der Waals surface area (Å²) in [6.45, 7) is 10.9. The Hall–Kier alpha value is -3.02. The first-order valence-corrected chi connectivity index (χ1v) is 11.5. The molecule has 6 heteroatoms. The third kappa shape index (κ3) is 4.74. The molecule has 0 bridgehead atoms. The summed E-state index contributed by atoms with van der Waals surface area (Å²) < 4.78 is 5.88. The molecule has 0 N–H and O–H groups in total. The summed E-state index contributed by atoms with van der Waals surface area (Å²) in [4.78, 5) is 32.0. The molecule has 2 aliphatic rings. The van der Waals surface area contributed by atoms with Gasteiger partial charge in [-0.15, -0.1) is 0 Å². The standard InChI is InChI=1S/C26H33N3O3/c1-18-6-5-7-22(14-18)28-13-12-27(16-20(28)3)25(30)10-11-26(31)29-17-21(4)32-24-9-8-19(2)15-23(24)29/h5-9,14-15,20-21H,10-13,16-17H2,1-4H3/t20-,21+/m1/s1. The minimum atomic E-state index is -0.0691. The van der Waals surface area contributed by atoms with E-state index in [1.54, 1.807) is 4.90 Å². The van der Waals surface area contributed by atoms with Crippen molar-refractivity contribution in [1.82, 2.24) is 4.90 Å². The van der Waals surface area contributed by atoms with Gasteiger partial charge < -0.3 is 19.4 Å². The van der Waals surface area contributed by atoms with Gasteiger partial charge in [0.1, 0.15) is 11.9 Å². The Kier molecular flexibility index (Phi) is 6.40. The van der Waals surface area contributed by atoms with Crippen LogP contribution in [0.2, 0.25) is 0 Å². The van der Waals surface area contributed by atoms with Crippen LogP contribution in [0, 0.1) is 13.8 Å². The average molecular weight is 436 g/mol. The molecule has 0 aromatic heterocycles. The van der Waals surface area contributed by atoms with Gasteiger partial charge in [0.2, 0.25) is 11.8 Å². The molecule has 4 rings (SSSR count). The molecule has 1 fully saturated rings. The van der Waals surface area contributed by atoms with Crippen LogP contribution in [0.5, 0.6) is 5.75 Å². The van der Waals surface area contributed by atoms with Crippen LogP contribution in [0.3, 0.4) is 0 Å². The molecule has 0 unspecified atom stereocenters. The van der Waals surface area contributed by atoms with Gasteiger partial charge in [-0.3, -0.25) is 9.59 Å². The third-order valence-corrected chi connectivity index (χ3v) is 6.34. The first-order valence-electron chi connectivity index (χ1n) is 11.5. The van der Waals surface area contributed by atoms with Crippen LogP contribution in [0.1, 0.15) is 37.8 Å². The summed E-state index contributed by atoms with van der Waals surface area (Å²) in [5.41, 5.74) is 4.33. The summed E-state index contributed by atoms with van der Waals surface area (Å²) in [5.74, 6) is 0.766. The number of rotatable bonds is 4. The van der Waals surface area contributed by atoms with Gasteiger partial charge >= 0.3 is 0 Å². The molecule has 32 heavy (non-hydrogen) atoms. The van der Waals surface area contributed by atoms with E-state index in [0.717, 1.165) is 23.5 Å². The molecule has 2 aromatic carbocycles. The third-order valence-electron chi connectivity index (χ3n) is 6.34. The van der Waals surface area contributed by atoms with Crippen molar-refractivity contribution in [1.29, 1.82) is 0 Å². The van der Waals surface area contributed by atoms with E-state index in [9.17, 15) is 9.59 Å². The molecular weight excluding hydrogens is 402 g/mol. The fraction of sp³-hybridized carbons (Fsp3) is 0.462. The number of ether oxygens (including phenoxy) is 1. The molecule has 0 aliphatic carbocycles. The fourth-order valence-electron chi connectivity index (χ4n) is 4.66. The van der Waals surface area contributed by atoms with E-state index in [1.165, 1.54) is 11.3 Å². The van der Waals surface area contributed by atoms with E-state index >= 15 is 0 Å². The van der Waals surface area contributed by atoms with Gasteiger partial charge in [0.15, 0.2) is 0 Å². The molecule has 6 nitrogen and oxygen atoms in total. The number of carbonyl (C=O) groups is 2. The number of anilines is 2. The molecule has 2 amide bonds. The lowest BCUT2D eigenvalue weighted by Gasteiger charge is -2.41. The second kappa shape index (κ2) is 9.23. The largest absolute Gasteiger partial charge is 0.487 e. The highest BCUT2D eigenvalue weighted by Crippen LogP contribution is 2.34. The van der Waals surface area contributed by atoms with E-state index in [-0.39, 0.29) is 36.8 Å². The van der Waals surface area contributed by atoms with Crippen molar-refractivity contribution in [2.24, 2.45) is 0 Å². The van der Waals surface area contributed by atoms with Crippen LogP contribution in [-0.4, -0.2) is 55.0 Å². The lowest BCUT2D eigenvalue weighted by atomic mass is 10.1. The second-order valence-electron chi connectivity index (χ2n) is 9.13. The summed E-state index contributed by atoms with van der Waals surface area (Å²) in [6, 6.07) is 14.6. The smallest absolute Gasteiger partial charge is 0.227 e. The normalized spacial score (nSPS) is 20.6. The number of nitrogens with zero attached hydrogens (tertiary/aromatic N) is 3. The van der Waals surface area contributed by atoms with Gasteiger partial charge in [-0.2, -0.15) is 0 Å². The first-order chi connectivity index (χ1) is 15.3. The molecule has 2 atom stereocenters. The van der Waals surface area contributed by atoms with Crippen LogP contribution in [0.25, 0.3) is 0 Å². The van der Waals surface area contributed by atoms with Crippen molar-refractivity contribution in [3.05, 3.63) is 53.6 Å². The van der Waals surface area contributed by atoms with Gasteiger partial charge in [-0.05, 0) is 63.1 Å². The zero-order chi connectivity index (χ0) is 22.8.